The zero-order valence-electron chi connectivity index (χ0n) is 5.21. The van der Waals surface area contributed by atoms with Crippen LogP contribution >= 0.6 is 0 Å². The second-order valence-electron chi connectivity index (χ2n) is 2.42. The van der Waals surface area contributed by atoms with E-state index < -0.39 is 5.97 Å². The van der Waals surface area contributed by atoms with E-state index in [2.05, 4.69) is 0 Å². The van der Waals surface area contributed by atoms with Crippen molar-refractivity contribution in [2.75, 3.05) is 0 Å². The average molecular weight is 126 g/mol. The molecule has 0 saturated heterocycles. The van der Waals surface area contributed by atoms with Gasteiger partial charge in [0.05, 0.1) is 0 Å². The number of hydrogen-bond acceptors (Lipinski definition) is 1. The van der Waals surface area contributed by atoms with Gasteiger partial charge in [-0.2, -0.15) is 0 Å². The summed E-state index contributed by atoms with van der Waals surface area (Å²) in [5, 5.41) is 8.16. The van der Waals surface area contributed by atoms with Crippen LogP contribution in [0.3, 0.4) is 0 Å². The Labute approximate surface area is 54.2 Å². The highest BCUT2D eigenvalue weighted by atomic mass is 16.4. The molecule has 0 unspecified atom stereocenters. The molecule has 2 nitrogen and oxygen atoms in total. The molecule has 0 aliphatic heterocycles. The van der Waals surface area contributed by atoms with Crippen LogP contribution in [0, 0.1) is 5.92 Å². The van der Waals surface area contributed by atoms with Gasteiger partial charge in [-0.15, -0.1) is 0 Å². The van der Waals surface area contributed by atoms with Crippen molar-refractivity contribution >= 4 is 5.97 Å². The molecule has 0 spiro atoms. The molecule has 0 heterocycles. The molecule has 0 bridgehead atoms. The molecule has 0 aromatic carbocycles. The third-order valence-corrected chi connectivity index (χ3v) is 1.43. The zero-order chi connectivity index (χ0) is 6.69. The first-order chi connectivity index (χ1) is 4.29. The first kappa shape index (κ1) is 6.33. The first-order valence-electron chi connectivity index (χ1n) is 3.18. The van der Waals surface area contributed by atoms with Gasteiger partial charge >= 0.3 is 5.97 Å². The summed E-state index contributed by atoms with van der Waals surface area (Å²) in [7, 11) is 0. The summed E-state index contributed by atoms with van der Waals surface area (Å²) in [5.41, 5.74) is 0. The average Bonchev–Trinajstić information content (AvgIpc) is 2.48. The van der Waals surface area contributed by atoms with Gasteiger partial charge in [-0.25, -0.2) is 4.79 Å². The van der Waals surface area contributed by atoms with Gasteiger partial charge in [-0.05, 0) is 25.2 Å². The standard InChI is InChI=1S/C7H10O2/c8-7(9)3-1-2-6-4-5-6/h1,3,6H,2,4-5H2,(H,8,9). The molecule has 1 aliphatic rings. The fourth-order valence-corrected chi connectivity index (χ4v) is 0.715. The van der Waals surface area contributed by atoms with Crippen molar-refractivity contribution in [2.24, 2.45) is 5.92 Å². The Balaban J connectivity index is 2.08. The lowest BCUT2D eigenvalue weighted by molar-refractivity contribution is -0.131. The number of aliphatic carboxylic acids is 1. The Morgan fingerprint density at radius 1 is 1.67 bits per heavy atom. The minimum Gasteiger partial charge on any atom is -0.478 e. The van der Waals surface area contributed by atoms with Crippen LogP contribution in [-0.4, -0.2) is 11.1 Å². The van der Waals surface area contributed by atoms with Gasteiger partial charge in [0.15, 0.2) is 0 Å². The lowest BCUT2D eigenvalue weighted by Gasteiger charge is -1.82. The summed E-state index contributed by atoms with van der Waals surface area (Å²) in [6, 6.07) is 0. The smallest absolute Gasteiger partial charge is 0.327 e. The molecule has 0 radical (unpaired) electrons. The quantitative estimate of drug-likeness (QED) is 0.581. The molecule has 1 saturated carbocycles. The Bertz CT molecular complexity index is 134. The van der Waals surface area contributed by atoms with E-state index in [-0.39, 0.29) is 0 Å². The van der Waals surface area contributed by atoms with E-state index in [1.54, 1.807) is 6.08 Å². The minimum atomic E-state index is -0.837. The predicted octanol–water partition coefficient (Wildman–Crippen LogP) is 1.43. The van der Waals surface area contributed by atoms with Crippen molar-refractivity contribution in [1.29, 1.82) is 0 Å². The van der Waals surface area contributed by atoms with E-state index in [4.69, 9.17) is 5.11 Å². The molecule has 1 fully saturated rings. The maximum atomic E-state index is 9.91. The molecular weight excluding hydrogens is 116 g/mol. The Morgan fingerprint density at radius 2 is 2.33 bits per heavy atom. The Hall–Kier alpha value is -0.790. The molecule has 0 aromatic rings. The normalized spacial score (nSPS) is 18.7. The highest BCUT2D eigenvalue weighted by Crippen LogP contribution is 2.32. The van der Waals surface area contributed by atoms with Crippen molar-refractivity contribution in [3.8, 4) is 0 Å². The molecule has 0 atom stereocenters. The predicted molar refractivity (Wildman–Crippen MR) is 34.1 cm³/mol. The van der Waals surface area contributed by atoms with Crippen molar-refractivity contribution in [1.82, 2.24) is 0 Å². The summed E-state index contributed by atoms with van der Waals surface area (Å²) >= 11 is 0. The lowest BCUT2D eigenvalue weighted by atomic mass is 10.3. The second kappa shape index (κ2) is 2.67. The van der Waals surface area contributed by atoms with Crippen LogP contribution in [0.5, 0.6) is 0 Å². The largest absolute Gasteiger partial charge is 0.478 e. The summed E-state index contributed by atoms with van der Waals surface area (Å²) in [6.07, 6.45) is 6.47. The number of allylic oxidation sites excluding steroid dienone is 1. The van der Waals surface area contributed by atoms with Crippen molar-refractivity contribution < 1.29 is 9.90 Å². The van der Waals surface area contributed by atoms with Gasteiger partial charge in [-0.1, -0.05) is 6.08 Å². The fourth-order valence-electron chi connectivity index (χ4n) is 0.715. The van der Waals surface area contributed by atoms with E-state index in [1.807, 2.05) is 0 Å². The summed E-state index contributed by atoms with van der Waals surface area (Å²) < 4.78 is 0. The lowest BCUT2D eigenvalue weighted by Crippen LogP contribution is -1.85. The molecule has 1 N–H and O–H groups in total. The maximum absolute atomic E-state index is 9.91. The van der Waals surface area contributed by atoms with Crippen LogP contribution in [-0.2, 0) is 4.79 Å². The topological polar surface area (TPSA) is 37.3 Å². The third kappa shape index (κ3) is 2.90. The summed E-state index contributed by atoms with van der Waals surface area (Å²) in [6.45, 7) is 0. The van der Waals surface area contributed by atoms with Crippen molar-refractivity contribution in [2.45, 2.75) is 19.3 Å². The first-order valence-corrected chi connectivity index (χ1v) is 3.18. The van der Waals surface area contributed by atoms with E-state index in [1.165, 1.54) is 18.9 Å². The van der Waals surface area contributed by atoms with Gasteiger partial charge in [-0.3, -0.25) is 0 Å². The van der Waals surface area contributed by atoms with Crippen molar-refractivity contribution in [3.05, 3.63) is 12.2 Å². The van der Waals surface area contributed by atoms with Crippen LogP contribution < -0.4 is 0 Å². The summed E-state index contributed by atoms with van der Waals surface area (Å²) in [4.78, 5) is 9.91. The van der Waals surface area contributed by atoms with Crippen LogP contribution in [0.4, 0.5) is 0 Å². The minimum absolute atomic E-state index is 0.792. The fraction of sp³-hybridized carbons (Fsp3) is 0.571. The van der Waals surface area contributed by atoms with E-state index in [0.29, 0.717) is 0 Å². The van der Waals surface area contributed by atoms with Gasteiger partial charge in [0.2, 0.25) is 0 Å². The Morgan fingerprint density at radius 3 is 2.78 bits per heavy atom. The summed E-state index contributed by atoms with van der Waals surface area (Å²) in [5.74, 6) is -0.0451. The second-order valence-corrected chi connectivity index (χ2v) is 2.42. The third-order valence-electron chi connectivity index (χ3n) is 1.43. The molecule has 1 rings (SSSR count). The Kier molecular flexibility index (Phi) is 1.88. The molecule has 1 aliphatic carbocycles. The number of carboxylic acid groups (broad SMARTS) is 1. The van der Waals surface area contributed by atoms with Crippen molar-refractivity contribution in [3.63, 3.8) is 0 Å². The van der Waals surface area contributed by atoms with Gasteiger partial charge in [0, 0.05) is 6.08 Å². The molecule has 0 aromatic heterocycles. The monoisotopic (exact) mass is 126 g/mol. The molecule has 2 heteroatoms. The highest BCUT2D eigenvalue weighted by molar-refractivity contribution is 5.79. The number of rotatable bonds is 3. The van der Waals surface area contributed by atoms with Crippen LogP contribution in [0.15, 0.2) is 12.2 Å². The SMILES string of the molecule is O=C(O)C=CCC1CC1. The van der Waals surface area contributed by atoms with Gasteiger partial charge < -0.3 is 5.11 Å². The van der Waals surface area contributed by atoms with Gasteiger partial charge in [0.25, 0.3) is 0 Å². The van der Waals surface area contributed by atoms with Gasteiger partial charge in [0.1, 0.15) is 0 Å². The van der Waals surface area contributed by atoms with E-state index in [9.17, 15) is 4.79 Å². The molecule has 9 heavy (non-hydrogen) atoms. The van der Waals surface area contributed by atoms with Crippen LogP contribution in [0.25, 0.3) is 0 Å². The zero-order valence-corrected chi connectivity index (χ0v) is 5.21. The number of hydrogen-bond donors (Lipinski definition) is 1. The molecular formula is C7H10O2. The van der Waals surface area contributed by atoms with E-state index in [0.717, 1.165) is 12.3 Å². The van der Waals surface area contributed by atoms with E-state index >= 15 is 0 Å². The molecule has 50 valence electrons. The van der Waals surface area contributed by atoms with Crippen LogP contribution in [0.2, 0.25) is 0 Å². The van der Waals surface area contributed by atoms with Crippen LogP contribution in [0.1, 0.15) is 19.3 Å². The molecule has 0 amide bonds. The maximum Gasteiger partial charge on any atom is 0.327 e. The number of carboxylic acids is 1. The number of carbonyl (C=O) groups is 1. The highest BCUT2D eigenvalue weighted by Gasteiger charge is 2.18.